The first-order valence-corrected chi connectivity index (χ1v) is 16.3. The van der Waals surface area contributed by atoms with Crippen LogP contribution in [0.4, 0.5) is 0 Å². The summed E-state index contributed by atoms with van der Waals surface area (Å²) in [6.45, 7) is 22.1. The highest BCUT2D eigenvalue weighted by atomic mass is 16.5. The molecule has 11 atom stereocenters. The van der Waals surface area contributed by atoms with Crippen molar-refractivity contribution in [1.82, 2.24) is 0 Å². The van der Waals surface area contributed by atoms with Crippen LogP contribution in [-0.2, 0) is 9.53 Å². The van der Waals surface area contributed by atoms with Crippen LogP contribution in [-0.4, -0.2) is 12.1 Å². The number of carbonyl (C=O) groups is 1. The van der Waals surface area contributed by atoms with E-state index in [1.54, 1.807) is 6.92 Å². The Labute approximate surface area is 228 Å². The monoisotopic (exact) mass is 510 g/mol. The Morgan fingerprint density at radius 1 is 0.811 bits per heavy atom. The fourth-order valence-electron chi connectivity index (χ4n) is 13.2. The second-order valence-corrected chi connectivity index (χ2v) is 17.3. The molecule has 6 saturated carbocycles. The van der Waals surface area contributed by atoms with E-state index in [2.05, 4.69) is 55.4 Å². The van der Waals surface area contributed by atoms with Gasteiger partial charge in [0.25, 0.3) is 0 Å². The smallest absolute Gasteiger partial charge is 0.302 e. The summed E-state index contributed by atoms with van der Waals surface area (Å²) in [5, 5.41) is 0. The molecule has 6 aliphatic rings. The second-order valence-electron chi connectivity index (χ2n) is 17.3. The van der Waals surface area contributed by atoms with Crippen molar-refractivity contribution in [3.05, 3.63) is 0 Å². The molecule has 0 aliphatic heterocycles. The lowest BCUT2D eigenvalue weighted by atomic mass is 9.41. The molecule has 0 aromatic rings. The zero-order valence-corrected chi connectivity index (χ0v) is 25.9. The highest BCUT2D eigenvalue weighted by Gasteiger charge is 2.82. The van der Waals surface area contributed by atoms with Gasteiger partial charge in [-0.15, -0.1) is 0 Å². The van der Waals surface area contributed by atoms with Crippen molar-refractivity contribution < 1.29 is 9.53 Å². The molecule has 6 rings (SSSR count). The van der Waals surface area contributed by atoms with Crippen molar-refractivity contribution in [2.45, 2.75) is 152 Å². The maximum Gasteiger partial charge on any atom is 0.302 e. The van der Waals surface area contributed by atoms with Crippen molar-refractivity contribution in [3.63, 3.8) is 0 Å². The third kappa shape index (κ3) is 3.20. The summed E-state index contributed by atoms with van der Waals surface area (Å²) >= 11 is 0. The Morgan fingerprint density at radius 2 is 1.49 bits per heavy atom. The van der Waals surface area contributed by atoms with Gasteiger partial charge in [0, 0.05) is 12.3 Å². The van der Waals surface area contributed by atoms with Gasteiger partial charge in [-0.1, -0.05) is 61.8 Å². The Hall–Kier alpha value is -0.530. The van der Waals surface area contributed by atoms with E-state index in [1.165, 1.54) is 77.0 Å². The van der Waals surface area contributed by atoms with Crippen LogP contribution in [0.25, 0.3) is 0 Å². The molecular formula is C35H58O2. The number of hydrogen-bond acceptors (Lipinski definition) is 2. The Morgan fingerprint density at radius 3 is 2.14 bits per heavy atom. The fourth-order valence-corrected chi connectivity index (χ4v) is 13.2. The second kappa shape index (κ2) is 7.81. The van der Waals surface area contributed by atoms with E-state index in [0.717, 1.165) is 30.1 Å². The Bertz CT molecular complexity index is 968. The lowest BCUT2D eigenvalue weighted by Gasteiger charge is -2.63. The summed E-state index contributed by atoms with van der Waals surface area (Å²) in [6.07, 6.45) is 18.3. The molecule has 0 unspecified atom stereocenters. The van der Waals surface area contributed by atoms with Gasteiger partial charge in [0.15, 0.2) is 0 Å². The molecule has 2 spiro atoms. The first-order chi connectivity index (χ1) is 17.1. The van der Waals surface area contributed by atoms with Crippen LogP contribution in [0.3, 0.4) is 0 Å². The highest BCUT2D eigenvalue weighted by molar-refractivity contribution is 5.66. The summed E-state index contributed by atoms with van der Waals surface area (Å²) in [5.74, 6) is 3.33. The van der Waals surface area contributed by atoms with Gasteiger partial charge >= 0.3 is 5.97 Å². The minimum absolute atomic E-state index is 0.0877. The minimum Gasteiger partial charge on any atom is -0.462 e. The van der Waals surface area contributed by atoms with Gasteiger partial charge in [0.05, 0.1) is 0 Å². The maximum absolute atomic E-state index is 11.9. The van der Waals surface area contributed by atoms with Crippen LogP contribution in [0.5, 0.6) is 0 Å². The van der Waals surface area contributed by atoms with E-state index in [9.17, 15) is 4.79 Å². The quantitative estimate of drug-likeness (QED) is 0.332. The lowest BCUT2D eigenvalue weighted by Crippen LogP contribution is -2.58. The molecule has 0 heterocycles. The summed E-state index contributed by atoms with van der Waals surface area (Å²) in [6, 6.07) is 0. The number of fused-ring (bicyclic) bond motifs is 2. The molecule has 6 aliphatic carbocycles. The third-order valence-electron chi connectivity index (χ3n) is 16.2. The molecule has 0 bridgehead atoms. The molecular weight excluding hydrogens is 452 g/mol. The van der Waals surface area contributed by atoms with Gasteiger partial charge in [0.2, 0.25) is 0 Å². The van der Waals surface area contributed by atoms with E-state index in [4.69, 9.17) is 4.74 Å². The van der Waals surface area contributed by atoms with Crippen molar-refractivity contribution in [2.24, 2.45) is 61.6 Å². The van der Waals surface area contributed by atoms with Crippen molar-refractivity contribution in [1.29, 1.82) is 0 Å². The first kappa shape index (κ1) is 26.7. The van der Waals surface area contributed by atoms with Crippen molar-refractivity contribution in [2.75, 3.05) is 0 Å². The van der Waals surface area contributed by atoms with Crippen LogP contribution in [0.15, 0.2) is 0 Å². The minimum atomic E-state index is -0.0877. The molecule has 0 N–H and O–H groups in total. The van der Waals surface area contributed by atoms with E-state index in [0.29, 0.717) is 32.5 Å². The van der Waals surface area contributed by atoms with Crippen LogP contribution >= 0.6 is 0 Å². The van der Waals surface area contributed by atoms with E-state index < -0.39 is 0 Å². The largest absolute Gasteiger partial charge is 0.462 e. The molecule has 37 heavy (non-hydrogen) atoms. The molecule has 0 aromatic carbocycles. The summed E-state index contributed by atoms with van der Waals surface area (Å²) in [7, 11) is 0. The number of esters is 1. The molecule has 2 heteroatoms. The standard InChI is InChI=1S/C35H58O2/c1-10-30(6)21-31(30,7)16-13-23(2)25-14-17-33(9)27-12-11-26-29(4,5)28(37-24(3)36)15-18-34(26)22-35(27,34)20-19-32(25,33)8/h23,25-28H,10-22H2,1-9H3/t23-,25-,26+,27+,28+,30-,31+,32-,33+,34-,35+/m1/s1. The lowest BCUT2D eigenvalue weighted by molar-refractivity contribution is -0.181. The predicted octanol–water partition coefficient (Wildman–Crippen LogP) is 9.60. The zero-order chi connectivity index (χ0) is 26.9. The molecule has 0 saturated heterocycles. The highest BCUT2D eigenvalue weighted by Crippen LogP contribution is 2.89. The summed E-state index contributed by atoms with van der Waals surface area (Å²) in [5.41, 5.74) is 3.48. The fraction of sp³-hybridized carbons (Fsp3) is 0.971. The molecule has 0 radical (unpaired) electrons. The van der Waals surface area contributed by atoms with E-state index in [1.807, 2.05) is 0 Å². The summed E-state index contributed by atoms with van der Waals surface area (Å²) < 4.78 is 5.93. The van der Waals surface area contributed by atoms with Crippen LogP contribution in [0, 0.1) is 61.6 Å². The topological polar surface area (TPSA) is 26.3 Å². The number of carbonyl (C=O) groups excluding carboxylic acids is 1. The number of ether oxygens (including phenoxy) is 1. The van der Waals surface area contributed by atoms with E-state index >= 15 is 0 Å². The number of hydrogen-bond donors (Lipinski definition) is 0. The average molecular weight is 511 g/mol. The van der Waals surface area contributed by atoms with Gasteiger partial charge in [-0.2, -0.15) is 0 Å². The molecule has 6 fully saturated rings. The van der Waals surface area contributed by atoms with Gasteiger partial charge in [0.1, 0.15) is 6.10 Å². The van der Waals surface area contributed by atoms with Gasteiger partial charge in [-0.05, 0) is 133 Å². The van der Waals surface area contributed by atoms with E-state index in [-0.39, 0.29) is 17.5 Å². The predicted molar refractivity (Wildman–Crippen MR) is 152 cm³/mol. The van der Waals surface area contributed by atoms with Crippen LogP contribution in [0.1, 0.15) is 146 Å². The zero-order valence-electron chi connectivity index (χ0n) is 25.9. The van der Waals surface area contributed by atoms with Gasteiger partial charge in [-0.25, -0.2) is 0 Å². The molecule has 2 nitrogen and oxygen atoms in total. The van der Waals surface area contributed by atoms with Gasteiger partial charge in [-0.3, -0.25) is 4.79 Å². The van der Waals surface area contributed by atoms with Crippen LogP contribution in [0.2, 0.25) is 0 Å². The normalized spacial score (nSPS) is 55.8. The Balaban J connectivity index is 1.20. The molecule has 0 amide bonds. The first-order valence-electron chi connectivity index (χ1n) is 16.3. The number of rotatable bonds is 6. The molecule has 0 aromatic heterocycles. The SMILES string of the molecule is CC[C@]1(C)C[C@]1(C)CC[C@@H](C)[C@H]1CC[C@@]2(C)[C@@H]3CC[C@H]4C(C)(C)[C@@H](OC(C)=O)CC[C@@]45C[C@@]35CC[C@]12C. The molecule has 210 valence electrons. The maximum atomic E-state index is 11.9. The third-order valence-corrected chi connectivity index (χ3v) is 16.2. The Kier molecular flexibility index (Phi) is 5.63. The average Bonchev–Trinajstić information content (AvgIpc) is 3.62. The van der Waals surface area contributed by atoms with Crippen molar-refractivity contribution in [3.8, 4) is 0 Å². The summed E-state index contributed by atoms with van der Waals surface area (Å²) in [4.78, 5) is 11.9. The van der Waals surface area contributed by atoms with Crippen LogP contribution < -0.4 is 0 Å². The van der Waals surface area contributed by atoms with Gasteiger partial charge < -0.3 is 4.74 Å². The van der Waals surface area contributed by atoms with Crippen molar-refractivity contribution >= 4 is 5.97 Å².